The zero-order valence-electron chi connectivity index (χ0n) is 16.8. The second-order valence-electron chi connectivity index (χ2n) is 8.92. The maximum Gasteiger partial charge on any atom is 0.253 e. The van der Waals surface area contributed by atoms with Crippen molar-refractivity contribution in [3.05, 3.63) is 71.8 Å². The van der Waals surface area contributed by atoms with E-state index in [9.17, 15) is 9.90 Å². The molecule has 5 rings (SSSR count). The van der Waals surface area contributed by atoms with E-state index in [1.807, 2.05) is 35.2 Å². The predicted molar refractivity (Wildman–Crippen MR) is 113 cm³/mol. The van der Waals surface area contributed by atoms with Gasteiger partial charge in [0.25, 0.3) is 5.91 Å². The number of carbonyl (C=O) groups excluding carboxylic acids is 1. The lowest BCUT2D eigenvalue weighted by atomic mass is 9.83. The minimum atomic E-state index is -0.246. The van der Waals surface area contributed by atoms with E-state index in [4.69, 9.17) is 0 Å². The Labute approximate surface area is 172 Å². The number of amides is 1. The second kappa shape index (κ2) is 7.56. The van der Waals surface area contributed by atoms with Gasteiger partial charge in [0, 0.05) is 50.9 Å². The molecule has 0 radical (unpaired) electrons. The molecule has 3 aliphatic rings. The number of hydrogen-bond acceptors (Lipinski definition) is 4. The Morgan fingerprint density at radius 3 is 2.38 bits per heavy atom. The van der Waals surface area contributed by atoms with Crippen LogP contribution in [-0.4, -0.2) is 82.7 Å². The van der Waals surface area contributed by atoms with Gasteiger partial charge in [0.05, 0.1) is 11.6 Å². The number of β-amino-alcohol motifs (C(OH)–C–C–N with tert-alkyl or cyclic N) is 1. The third-order valence-corrected chi connectivity index (χ3v) is 6.83. The number of hydrogen-bond donors (Lipinski definition) is 1. The predicted octanol–water partition coefficient (Wildman–Crippen LogP) is 1.87. The molecule has 0 saturated carbocycles. The molecule has 0 unspecified atom stereocenters. The van der Waals surface area contributed by atoms with Crippen LogP contribution in [0.15, 0.2) is 60.7 Å². The Balaban J connectivity index is 1.28. The molecule has 1 amide bonds. The second-order valence-corrected chi connectivity index (χ2v) is 8.92. The molecule has 5 heteroatoms. The Morgan fingerprint density at radius 2 is 1.66 bits per heavy atom. The molecule has 0 aliphatic carbocycles. The average Bonchev–Trinajstić information content (AvgIpc) is 3.11. The summed E-state index contributed by atoms with van der Waals surface area (Å²) in [5.41, 5.74) is 2.11. The van der Waals surface area contributed by atoms with Gasteiger partial charge in [-0.3, -0.25) is 14.6 Å². The van der Waals surface area contributed by atoms with E-state index >= 15 is 0 Å². The molecule has 3 saturated heterocycles. The van der Waals surface area contributed by atoms with E-state index in [0.717, 1.165) is 57.7 Å². The van der Waals surface area contributed by atoms with Crippen LogP contribution in [0.1, 0.15) is 22.3 Å². The van der Waals surface area contributed by atoms with E-state index in [1.54, 1.807) is 0 Å². The first-order chi connectivity index (χ1) is 14.1. The summed E-state index contributed by atoms with van der Waals surface area (Å²) in [4.78, 5) is 19.9. The highest BCUT2D eigenvalue weighted by atomic mass is 16.3. The van der Waals surface area contributed by atoms with Crippen LogP contribution in [-0.2, 0) is 6.42 Å². The van der Waals surface area contributed by atoms with Gasteiger partial charge >= 0.3 is 0 Å². The molecule has 29 heavy (non-hydrogen) atoms. The third-order valence-electron chi connectivity index (χ3n) is 6.83. The summed E-state index contributed by atoms with van der Waals surface area (Å²) in [6, 6.07) is 20.6. The Morgan fingerprint density at radius 1 is 0.966 bits per heavy atom. The van der Waals surface area contributed by atoms with Crippen molar-refractivity contribution < 1.29 is 9.90 Å². The van der Waals surface area contributed by atoms with Crippen LogP contribution in [0.2, 0.25) is 0 Å². The first kappa shape index (κ1) is 18.8. The zero-order chi connectivity index (χ0) is 19.8. The number of piperazine rings is 1. The summed E-state index contributed by atoms with van der Waals surface area (Å²) in [6.45, 7) is 5.26. The molecule has 2 aromatic carbocycles. The fourth-order valence-corrected chi connectivity index (χ4v) is 5.47. The molecular weight excluding hydrogens is 362 g/mol. The molecule has 1 spiro atoms. The van der Waals surface area contributed by atoms with E-state index in [0.29, 0.717) is 6.04 Å². The minimum absolute atomic E-state index is 0.0124. The lowest BCUT2D eigenvalue weighted by Gasteiger charge is -2.61. The number of aliphatic hydroxyl groups is 1. The van der Waals surface area contributed by atoms with Gasteiger partial charge in [-0.05, 0) is 30.5 Å². The quantitative estimate of drug-likeness (QED) is 0.865. The molecule has 5 nitrogen and oxygen atoms in total. The number of fused-ring (bicyclic) bond motifs is 2. The van der Waals surface area contributed by atoms with Crippen molar-refractivity contribution >= 4 is 5.91 Å². The van der Waals surface area contributed by atoms with E-state index in [-0.39, 0.29) is 17.6 Å². The average molecular weight is 392 g/mol. The van der Waals surface area contributed by atoms with Gasteiger partial charge < -0.3 is 10.0 Å². The fraction of sp³-hybridized carbons (Fsp3) is 0.458. The SMILES string of the molecule is O=C(c1ccccc1)N1CC2(CN(CCc3ccccc3)C[C@@H]3C[C@@H](O)CN32)C1. The van der Waals surface area contributed by atoms with Crippen molar-refractivity contribution in [3.63, 3.8) is 0 Å². The van der Waals surface area contributed by atoms with Gasteiger partial charge in [-0.25, -0.2) is 0 Å². The van der Waals surface area contributed by atoms with Crippen molar-refractivity contribution in [2.24, 2.45) is 0 Å². The number of likely N-dealkylation sites (tertiary alicyclic amines) is 1. The first-order valence-corrected chi connectivity index (χ1v) is 10.7. The fourth-order valence-electron chi connectivity index (χ4n) is 5.47. The summed E-state index contributed by atoms with van der Waals surface area (Å²) in [6.07, 6.45) is 1.64. The Kier molecular flexibility index (Phi) is 4.90. The van der Waals surface area contributed by atoms with Crippen LogP contribution in [0.4, 0.5) is 0 Å². The van der Waals surface area contributed by atoms with E-state index in [1.165, 1.54) is 5.56 Å². The van der Waals surface area contributed by atoms with Crippen molar-refractivity contribution in [1.29, 1.82) is 0 Å². The van der Waals surface area contributed by atoms with Gasteiger partial charge in [0.1, 0.15) is 0 Å². The highest BCUT2D eigenvalue weighted by Gasteiger charge is 2.56. The molecule has 3 aliphatic heterocycles. The minimum Gasteiger partial charge on any atom is -0.392 e. The topological polar surface area (TPSA) is 47.0 Å². The van der Waals surface area contributed by atoms with Crippen LogP contribution in [0, 0.1) is 0 Å². The highest BCUT2D eigenvalue weighted by molar-refractivity contribution is 5.95. The number of aliphatic hydroxyl groups excluding tert-OH is 1. The lowest BCUT2D eigenvalue weighted by Crippen LogP contribution is -2.78. The zero-order valence-corrected chi connectivity index (χ0v) is 16.8. The third kappa shape index (κ3) is 3.59. The maximum absolute atomic E-state index is 12.8. The summed E-state index contributed by atoms with van der Waals surface area (Å²) in [5.74, 6) is 0.119. The number of rotatable bonds is 4. The molecule has 3 heterocycles. The van der Waals surface area contributed by atoms with Gasteiger partial charge in [-0.2, -0.15) is 0 Å². The molecular formula is C24H29N3O2. The van der Waals surface area contributed by atoms with Crippen LogP contribution in [0.5, 0.6) is 0 Å². The van der Waals surface area contributed by atoms with Gasteiger partial charge in [0.15, 0.2) is 0 Å². The van der Waals surface area contributed by atoms with Crippen LogP contribution >= 0.6 is 0 Å². The smallest absolute Gasteiger partial charge is 0.253 e. The molecule has 0 bridgehead atoms. The summed E-state index contributed by atoms with van der Waals surface area (Å²) < 4.78 is 0. The first-order valence-electron chi connectivity index (χ1n) is 10.7. The molecule has 1 N–H and O–H groups in total. The van der Waals surface area contributed by atoms with Crippen molar-refractivity contribution in [2.45, 2.75) is 30.5 Å². The van der Waals surface area contributed by atoms with Crippen molar-refractivity contribution in [3.8, 4) is 0 Å². The molecule has 2 aromatic rings. The molecule has 0 aromatic heterocycles. The largest absolute Gasteiger partial charge is 0.392 e. The normalized spacial score (nSPS) is 26.3. The van der Waals surface area contributed by atoms with Gasteiger partial charge in [-0.15, -0.1) is 0 Å². The number of carbonyl (C=O) groups is 1. The monoisotopic (exact) mass is 391 g/mol. The molecule has 3 fully saturated rings. The lowest BCUT2D eigenvalue weighted by molar-refractivity contribution is -0.0995. The molecule has 2 atom stereocenters. The number of benzene rings is 2. The van der Waals surface area contributed by atoms with Crippen LogP contribution < -0.4 is 0 Å². The Hall–Kier alpha value is -2.21. The van der Waals surface area contributed by atoms with Crippen molar-refractivity contribution in [1.82, 2.24) is 14.7 Å². The summed E-state index contributed by atoms with van der Waals surface area (Å²) >= 11 is 0. The Bertz CT molecular complexity index is 851. The summed E-state index contributed by atoms with van der Waals surface area (Å²) in [7, 11) is 0. The van der Waals surface area contributed by atoms with Gasteiger partial charge in [-0.1, -0.05) is 48.5 Å². The number of nitrogens with zero attached hydrogens (tertiary/aromatic N) is 3. The maximum atomic E-state index is 12.8. The van der Waals surface area contributed by atoms with E-state index < -0.39 is 0 Å². The summed E-state index contributed by atoms with van der Waals surface area (Å²) in [5, 5.41) is 10.3. The highest BCUT2D eigenvalue weighted by Crippen LogP contribution is 2.39. The van der Waals surface area contributed by atoms with Crippen LogP contribution in [0.3, 0.4) is 0 Å². The molecule has 152 valence electrons. The van der Waals surface area contributed by atoms with Crippen molar-refractivity contribution in [2.75, 3.05) is 39.3 Å². The standard InChI is InChI=1S/C24H29N3O2/c28-22-13-21-14-25(12-11-19-7-3-1-4-8-19)16-24(27(21)15-22)17-26(18-24)23(29)20-9-5-2-6-10-20/h1-10,21-22,28H,11-18H2/t21-,22+/m0/s1. The van der Waals surface area contributed by atoms with Gasteiger partial charge in [0.2, 0.25) is 0 Å². The van der Waals surface area contributed by atoms with Crippen LogP contribution in [0.25, 0.3) is 0 Å². The van der Waals surface area contributed by atoms with E-state index in [2.05, 4.69) is 40.1 Å².